The van der Waals surface area contributed by atoms with Gasteiger partial charge in [-0.05, 0) is 43.0 Å². The number of nitrogens with zero attached hydrogens (tertiary/aromatic N) is 4. The molecule has 0 radical (unpaired) electrons. The summed E-state index contributed by atoms with van der Waals surface area (Å²) in [5.41, 5.74) is 1.02. The molecule has 0 unspecified atom stereocenters. The normalized spacial score (nSPS) is 16.9. The van der Waals surface area contributed by atoms with Crippen LogP contribution in [0.25, 0.3) is 6.08 Å². The molecule has 194 valence electrons. The van der Waals surface area contributed by atoms with E-state index in [1.54, 1.807) is 12.2 Å². The number of ether oxygens (including phenoxy) is 3. The highest BCUT2D eigenvalue weighted by Gasteiger charge is 2.21. The minimum atomic E-state index is -0.651. The summed E-state index contributed by atoms with van der Waals surface area (Å²) in [6.07, 6.45) is 11.4. The smallest absolute Gasteiger partial charge is 0.433 e. The molecular weight excluding hydrogens is 484 g/mol. The molecule has 2 saturated heterocycles. The molecule has 1 aromatic carbocycles. The van der Waals surface area contributed by atoms with Crippen LogP contribution in [0.5, 0.6) is 11.5 Å². The molecule has 3 aliphatic heterocycles. The van der Waals surface area contributed by atoms with Crippen LogP contribution in [0.15, 0.2) is 58.1 Å². The van der Waals surface area contributed by atoms with Crippen molar-refractivity contribution in [3.8, 4) is 11.5 Å². The van der Waals surface area contributed by atoms with Crippen molar-refractivity contribution in [2.24, 2.45) is 5.10 Å². The Morgan fingerprint density at radius 3 is 2.54 bits per heavy atom. The number of hydrogen-bond donors (Lipinski definition) is 0. The number of cyclic esters (lactones) is 1. The van der Waals surface area contributed by atoms with Gasteiger partial charge in [-0.3, -0.25) is 14.9 Å². The highest BCUT2D eigenvalue weighted by Crippen LogP contribution is 2.32. The molecule has 0 spiro atoms. The zero-order valence-electron chi connectivity index (χ0n) is 20.0. The monoisotopic (exact) mass is 510 g/mol. The molecule has 3 aliphatic rings. The van der Waals surface area contributed by atoms with Crippen LogP contribution in [-0.4, -0.2) is 66.1 Å². The van der Waals surface area contributed by atoms with Crippen LogP contribution in [0, 0.1) is 10.1 Å². The number of carbonyl (C=O) groups is 2. The predicted octanol–water partition coefficient (Wildman–Crippen LogP) is 3.97. The number of fused-ring (bicyclic) bond motifs is 1. The largest absolute Gasteiger partial charge is 0.454 e. The second-order valence-corrected chi connectivity index (χ2v) is 8.13. The average Bonchev–Trinajstić information content (AvgIpc) is 3.67. The van der Waals surface area contributed by atoms with E-state index in [-0.39, 0.29) is 31.0 Å². The Kier molecular flexibility index (Phi) is 8.53. The van der Waals surface area contributed by atoms with E-state index in [1.807, 2.05) is 35.3 Å². The van der Waals surface area contributed by atoms with Gasteiger partial charge >= 0.3 is 12.0 Å². The van der Waals surface area contributed by atoms with Crippen LogP contribution < -0.4 is 9.47 Å². The number of benzene rings is 1. The van der Waals surface area contributed by atoms with Crippen molar-refractivity contribution < 1.29 is 33.1 Å². The third-order valence-corrected chi connectivity index (χ3v) is 5.56. The first kappa shape index (κ1) is 25.5. The molecule has 1 aromatic heterocycles. The van der Waals surface area contributed by atoms with Gasteiger partial charge < -0.3 is 23.5 Å². The number of amides is 2. The molecule has 0 bridgehead atoms. The van der Waals surface area contributed by atoms with Crippen molar-refractivity contribution in [3.63, 3.8) is 0 Å². The summed E-state index contributed by atoms with van der Waals surface area (Å²) in [6, 6.07) is 8.39. The van der Waals surface area contributed by atoms with Gasteiger partial charge in [0.25, 0.3) is 0 Å². The molecule has 2 amide bonds. The molecule has 4 heterocycles. The first-order valence-electron chi connectivity index (χ1n) is 11.8. The highest BCUT2D eigenvalue weighted by molar-refractivity contribution is 5.88. The third kappa shape index (κ3) is 7.19. The number of piperidine rings is 1. The van der Waals surface area contributed by atoms with E-state index in [4.69, 9.17) is 13.9 Å². The van der Waals surface area contributed by atoms with Crippen LogP contribution in [0.1, 0.15) is 30.6 Å². The van der Waals surface area contributed by atoms with E-state index >= 15 is 0 Å². The maximum absolute atomic E-state index is 11.9. The van der Waals surface area contributed by atoms with Crippen LogP contribution in [0.2, 0.25) is 0 Å². The van der Waals surface area contributed by atoms with Gasteiger partial charge in [-0.1, -0.05) is 24.3 Å². The first-order valence-corrected chi connectivity index (χ1v) is 11.8. The lowest BCUT2D eigenvalue weighted by Crippen LogP contribution is -2.34. The number of furan rings is 1. The average molecular weight is 511 g/mol. The zero-order chi connectivity index (χ0) is 26.0. The fourth-order valence-electron chi connectivity index (χ4n) is 3.67. The van der Waals surface area contributed by atoms with Crippen LogP contribution in [0.3, 0.4) is 0 Å². The van der Waals surface area contributed by atoms with Gasteiger partial charge in [-0.25, -0.2) is 4.79 Å². The minimum absolute atomic E-state index is 0.102. The van der Waals surface area contributed by atoms with Crippen molar-refractivity contribution in [2.45, 2.75) is 19.3 Å². The molecule has 2 aromatic rings. The number of hydrazone groups is 1. The first-order chi connectivity index (χ1) is 18.0. The molecule has 0 aliphatic carbocycles. The number of hydrogen-bond acceptors (Lipinski definition) is 9. The van der Waals surface area contributed by atoms with Crippen molar-refractivity contribution >= 4 is 30.2 Å². The summed E-state index contributed by atoms with van der Waals surface area (Å²) in [6.45, 7) is 2.70. The topological polar surface area (TPSA) is 137 Å². The van der Waals surface area contributed by atoms with E-state index in [9.17, 15) is 19.7 Å². The number of carbonyl (C=O) groups excluding carboxylic acids is 2. The summed E-state index contributed by atoms with van der Waals surface area (Å²) >= 11 is 0. The number of likely N-dealkylation sites (tertiary alicyclic amines) is 1. The minimum Gasteiger partial charge on any atom is -0.454 e. The Bertz CT molecular complexity index is 1210. The molecule has 12 nitrogen and oxygen atoms in total. The maximum Gasteiger partial charge on any atom is 0.433 e. The van der Waals surface area contributed by atoms with Crippen LogP contribution >= 0.6 is 0 Å². The molecule has 0 N–H and O–H groups in total. The Labute approximate surface area is 212 Å². The summed E-state index contributed by atoms with van der Waals surface area (Å²) in [5, 5.41) is 15.2. The van der Waals surface area contributed by atoms with Gasteiger partial charge in [0, 0.05) is 19.2 Å². The fraction of sp³-hybridized carbons (Fsp3) is 0.320. The summed E-state index contributed by atoms with van der Waals surface area (Å²) in [5.74, 6) is 1.48. The number of rotatable bonds is 6. The van der Waals surface area contributed by atoms with E-state index in [0.717, 1.165) is 48.0 Å². The molecule has 37 heavy (non-hydrogen) atoms. The molecule has 0 saturated carbocycles. The summed E-state index contributed by atoms with van der Waals surface area (Å²) < 4.78 is 20.0. The Morgan fingerprint density at radius 2 is 1.81 bits per heavy atom. The van der Waals surface area contributed by atoms with Gasteiger partial charge in [0.1, 0.15) is 11.5 Å². The third-order valence-electron chi connectivity index (χ3n) is 5.56. The van der Waals surface area contributed by atoms with Crippen molar-refractivity contribution in [2.75, 3.05) is 33.0 Å². The molecule has 12 heteroatoms. The van der Waals surface area contributed by atoms with E-state index < -0.39 is 11.0 Å². The van der Waals surface area contributed by atoms with Crippen molar-refractivity contribution in [3.05, 3.63) is 70.0 Å². The molecular formula is C25H26N4O8. The fourth-order valence-corrected chi connectivity index (χ4v) is 3.67. The van der Waals surface area contributed by atoms with Gasteiger partial charge in [-0.2, -0.15) is 10.1 Å². The van der Waals surface area contributed by atoms with Crippen molar-refractivity contribution in [1.29, 1.82) is 0 Å². The van der Waals surface area contributed by atoms with Crippen molar-refractivity contribution in [1.82, 2.24) is 9.91 Å². The quantitative estimate of drug-likeness (QED) is 0.187. The lowest BCUT2D eigenvalue weighted by molar-refractivity contribution is -0.402. The Balaban J connectivity index is 0.000000180. The van der Waals surface area contributed by atoms with Crippen LogP contribution in [-0.2, 0) is 9.53 Å². The van der Waals surface area contributed by atoms with Gasteiger partial charge in [-0.15, -0.1) is 0 Å². The summed E-state index contributed by atoms with van der Waals surface area (Å²) in [7, 11) is 0. The lowest BCUT2D eigenvalue weighted by atomic mass is 10.1. The molecule has 2 fully saturated rings. The van der Waals surface area contributed by atoms with E-state index in [1.165, 1.54) is 24.8 Å². The Hall–Kier alpha value is -4.61. The second kappa shape index (κ2) is 12.4. The predicted molar refractivity (Wildman–Crippen MR) is 132 cm³/mol. The number of allylic oxidation sites excluding steroid dienone is 2. The maximum atomic E-state index is 11.9. The zero-order valence-corrected chi connectivity index (χ0v) is 20.0. The van der Waals surface area contributed by atoms with E-state index in [2.05, 4.69) is 9.84 Å². The van der Waals surface area contributed by atoms with Gasteiger partial charge in [0.15, 0.2) is 17.3 Å². The standard InChI is InChI=1S/C17H19NO3.C8H7N3O5/c19-17(18-10-4-1-5-11-18)7-3-2-6-14-8-9-15-16(12-14)21-13-20-15;12-8-10(3-4-15-8)9-5-6-1-2-7(16-6)11(13)14/h2-3,6-9,12H,1,4-5,10-11,13H2;1-2,5H,3-4H2. The highest BCUT2D eigenvalue weighted by atomic mass is 16.7. The number of nitro groups is 1. The molecule has 5 rings (SSSR count). The molecule has 0 atom stereocenters. The second-order valence-electron chi connectivity index (χ2n) is 8.13. The lowest BCUT2D eigenvalue weighted by Gasteiger charge is -2.25. The van der Waals surface area contributed by atoms with Crippen LogP contribution in [0.4, 0.5) is 10.7 Å². The van der Waals surface area contributed by atoms with E-state index in [0.29, 0.717) is 6.54 Å². The Morgan fingerprint density at radius 1 is 1.00 bits per heavy atom. The SMILES string of the molecule is O=C(C=CC=Cc1ccc2c(c1)OCO2)N1CCCCC1.O=C1OCCN1N=Cc1ccc([N+](=O)[O-])o1. The summed E-state index contributed by atoms with van der Waals surface area (Å²) in [4.78, 5) is 34.5. The van der Waals surface area contributed by atoms with Gasteiger partial charge in [0.05, 0.1) is 18.8 Å². The van der Waals surface area contributed by atoms with Gasteiger partial charge in [0.2, 0.25) is 12.7 Å².